The number of pyridine rings is 1. The second-order valence-electron chi connectivity index (χ2n) is 4.23. The highest BCUT2D eigenvalue weighted by Gasteiger charge is 2.33. The van der Waals surface area contributed by atoms with Gasteiger partial charge < -0.3 is 5.32 Å². The van der Waals surface area contributed by atoms with Crippen LogP contribution in [0.3, 0.4) is 0 Å². The van der Waals surface area contributed by atoms with Crippen LogP contribution in [-0.2, 0) is 6.18 Å². The zero-order valence-electron chi connectivity index (χ0n) is 10.5. The lowest BCUT2D eigenvalue weighted by atomic mass is 10.1. The zero-order valence-corrected chi connectivity index (χ0v) is 13.7. The highest BCUT2D eigenvalue weighted by atomic mass is 79.9. The van der Waals surface area contributed by atoms with Gasteiger partial charge >= 0.3 is 6.18 Å². The van der Waals surface area contributed by atoms with E-state index in [9.17, 15) is 13.2 Å². The van der Waals surface area contributed by atoms with Gasteiger partial charge in [0.1, 0.15) is 5.69 Å². The smallest absolute Gasteiger partial charge is 0.384 e. The third-order valence-electron chi connectivity index (χ3n) is 2.72. The van der Waals surface area contributed by atoms with Gasteiger partial charge in [-0.2, -0.15) is 13.2 Å². The second-order valence-corrected chi connectivity index (χ2v) is 5.94. The molecule has 0 unspecified atom stereocenters. The van der Waals surface area contributed by atoms with E-state index < -0.39 is 11.9 Å². The Kier molecular flexibility index (Phi) is 4.59. The molecule has 0 fully saturated rings. The fraction of sp³-hybridized carbons (Fsp3) is 0.308. The van der Waals surface area contributed by atoms with E-state index in [2.05, 4.69) is 42.2 Å². The van der Waals surface area contributed by atoms with Crippen molar-refractivity contribution in [3.8, 4) is 0 Å². The second kappa shape index (κ2) is 5.89. The van der Waals surface area contributed by atoms with Gasteiger partial charge in [-0.15, -0.1) is 0 Å². The van der Waals surface area contributed by atoms with E-state index in [1.165, 1.54) is 0 Å². The maximum atomic E-state index is 12.9. The summed E-state index contributed by atoms with van der Waals surface area (Å²) in [5, 5.41) is 3.67. The van der Waals surface area contributed by atoms with E-state index in [0.717, 1.165) is 12.5 Å². The molecule has 0 aliphatic rings. The number of aromatic nitrogens is 1. The molecule has 20 heavy (non-hydrogen) atoms. The van der Waals surface area contributed by atoms with Crippen molar-refractivity contribution in [2.45, 2.75) is 19.5 Å². The highest BCUT2D eigenvalue weighted by Crippen LogP contribution is 2.38. The van der Waals surface area contributed by atoms with Crippen molar-refractivity contribution in [2.24, 2.45) is 0 Å². The first-order valence-corrected chi connectivity index (χ1v) is 7.53. The molecule has 0 saturated carbocycles. The molecule has 1 aromatic heterocycles. The van der Waals surface area contributed by atoms with Gasteiger partial charge in [0.25, 0.3) is 0 Å². The molecule has 7 heteroatoms. The van der Waals surface area contributed by atoms with Crippen LogP contribution in [-0.4, -0.2) is 11.5 Å². The molecule has 108 valence electrons. The Morgan fingerprint density at radius 1 is 1.20 bits per heavy atom. The molecule has 1 N–H and O–H groups in total. The molecule has 0 bridgehead atoms. The monoisotopic (exact) mass is 410 g/mol. The van der Waals surface area contributed by atoms with Crippen LogP contribution in [0.5, 0.6) is 0 Å². The normalized spacial score (nSPS) is 11.9. The van der Waals surface area contributed by atoms with Gasteiger partial charge in [0.05, 0.1) is 5.52 Å². The Balaban J connectivity index is 2.74. The Hall–Kier alpha value is -0.820. The third-order valence-corrected chi connectivity index (χ3v) is 4.02. The minimum atomic E-state index is -4.47. The largest absolute Gasteiger partial charge is 0.433 e. The standard InChI is InChI=1S/C13H11Br2F3N2/c1-2-5-19-9-6-10(13(16,17)18)20-12-8(15)4-3-7(14)11(9)12/h3-4,6H,2,5H2,1H3,(H,19,20). The van der Waals surface area contributed by atoms with Gasteiger partial charge in [-0.3, -0.25) is 0 Å². The lowest BCUT2D eigenvalue weighted by Gasteiger charge is -2.15. The lowest BCUT2D eigenvalue weighted by molar-refractivity contribution is -0.140. The van der Waals surface area contributed by atoms with Gasteiger partial charge in [-0.25, -0.2) is 4.98 Å². The van der Waals surface area contributed by atoms with Crippen molar-refractivity contribution in [2.75, 3.05) is 11.9 Å². The summed E-state index contributed by atoms with van der Waals surface area (Å²) < 4.78 is 40.0. The molecule has 1 heterocycles. The summed E-state index contributed by atoms with van der Waals surface area (Å²) in [5.74, 6) is 0. The molecule has 0 amide bonds. The summed E-state index contributed by atoms with van der Waals surface area (Å²) in [5.41, 5.74) is -0.187. The van der Waals surface area contributed by atoms with Crippen molar-refractivity contribution in [1.82, 2.24) is 4.98 Å². The van der Waals surface area contributed by atoms with Crippen LogP contribution in [0.1, 0.15) is 19.0 Å². The van der Waals surface area contributed by atoms with Crippen molar-refractivity contribution in [1.29, 1.82) is 0 Å². The number of halogens is 5. The number of hydrogen-bond donors (Lipinski definition) is 1. The Labute approximate surface area is 131 Å². The van der Waals surface area contributed by atoms with Crippen LogP contribution in [0.25, 0.3) is 10.9 Å². The Morgan fingerprint density at radius 2 is 1.85 bits per heavy atom. The number of alkyl halides is 3. The molecule has 0 saturated heterocycles. The Bertz CT molecular complexity index is 642. The summed E-state index contributed by atoms with van der Waals surface area (Å²) in [6.07, 6.45) is -3.66. The molecule has 0 radical (unpaired) electrons. The molecule has 1 aromatic carbocycles. The number of nitrogens with zero attached hydrogens (tertiary/aromatic N) is 1. The van der Waals surface area contributed by atoms with E-state index in [4.69, 9.17) is 0 Å². The molecule has 2 aromatic rings. The summed E-state index contributed by atoms with van der Waals surface area (Å²) in [6.45, 7) is 2.54. The quantitative estimate of drug-likeness (QED) is 0.710. The first kappa shape index (κ1) is 15.6. The van der Waals surface area contributed by atoms with Crippen LogP contribution in [0, 0.1) is 0 Å². The van der Waals surface area contributed by atoms with Crippen LogP contribution in [0.4, 0.5) is 18.9 Å². The van der Waals surface area contributed by atoms with Gasteiger partial charge in [-0.05, 0) is 40.5 Å². The fourth-order valence-corrected chi connectivity index (χ4v) is 2.77. The highest BCUT2D eigenvalue weighted by molar-refractivity contribution is 9.11. The molecule has 0 spiro atoms. The van der Waals surface area contributed by atoms with Crippen LogP contribution in [0.2, 0.25) is 0 Å². The number of nitrogens with one attached hydrogen (secondary N) is 1. The minimum Gasteiger partial charge on any atom is -0.384 e. The van der Waals surface area contributed by atoms with E-state index in [0.29, 0.717) is 26.6 Å². The molecule has 0 aliphatic heterocycles. The van der Waals surface area contributed by atoms with Crippen molar-refractivity contribution in [3.63, 3.8) is 0 Å². The van der Waals surface area contributed by atoms with Crippen molar-refractivity contribution in [3.05, 3.63) is 32.8 Å². The SMILES string of the molecule is CCCNc1cc(C(F)(F)F)nc2c(Br)ccc(Br)c12. The number of rotatable bonds is 3. The number of benzene rings is 1. The van der Waals surface area contributed by atoms with Crippen molar-refractivity contribution < 1.29 is 13.2 Å². The van der Waals surface area contributed by atoms with Crippen LogP contribution in [0.15, 0.2) is 27.1 Å². The summed E-state index contributed by atoms with van der Waals surface area (Å²) in [6, 6.07) is 4.50. The van der Waals surface area contributed by atoms with E-state index >= 15 is 0 Å². The zero-order chi connectivity index (χ0) is 14.9. The van der Waals surface area contributed by atoms with Gasteiger partial charge in [0.15, 0.2) is 0 Å². The lowest BCUT2D eigenvalue weighted by Crippen LogP contribution is -2.10. The molecule has 0 atom stereocenters. The van der Waals surface area contributed by atoms with Gasteiger partial charge in [0.2, 0.25) is 0 Å². The number of fused-ring (bicyclic) bond motifs is 1. The Morgan fingerprint density at radius 3 is 2.45 bits per heavy atom. The van der Waals surface area contributed by atoms with Gasteiger partial charge in [-0.1, -0.05) is 22.9 Å². The van der Waals surface area contributed by atoms with Crippen LogP contribution < -0.4 is 5.32 Å². The first-order chi connectivity index (χ1) is 9.34. The third kappa shape index (κ3) is 3.09. The first-order valence-electron chi connectivity index (χ1n) is 5.94. The average Bonchev–Trinajstić information content (AvgIpc) is 2.39. The summed E-state index contributed by atoms with van der Waals surface area (Å²) in [4.78, 5) is 3.73. The molecule has 2 nitrogen and oxygen atoms in total. The van der Waals surface area contributed by atoms with Crippen molar-refractivity contribution >= 4 is 48.5 Å². The predicted molar refractivity (Wildman–Crippen MR) is 80.9 cm³/mol. The average molecular weight is 412 g/mol. The number of anilines is 1. The van der Waals surface area contributed by atoms with E-state index in [1.807, 2.05) is 6.92 Å². The maximum Gasteiger partial charge on any atom is 0.433 e. The van der Waals surface area contributed by atoms with E-state index in [-0.39, 0.29) is 5.52 Å². The maximum absolute atomic E-state index is 12.9. The minimum absolute atomic E-state index is 0.285. The molecular weight excluding hydrogens is 401 g/mol. The van der Waals surface area contributed by atoms with Crippen LogP contribution >= 0.6 is 31.9 Å². The van der Waals surface area contributed by atoms with Gasteiger partial charge in [0, 0.05) is 26.6 Å². The molecular formula is C13H11Br2F3N2. The molecule has 2 rings (SSSR count). The number of hydrogen-bond acceptors (Lipinski definition) is 2. The van der Waals surface area contributed by atoms with E-state index in [1.54, 1.807) is 12.1 Å². The fourth-order valence-electron chi connectivity index (χ4n) is 1.81. The summed E-state index contributed by atoms with van der Waals surface area (Å²) in [7, 11) is 0. The molecule has 0 aliphatic carbocycles. The predicted octanol–water partition coefficient (Wildman–Crippen LogP) is 5.60. The summed E-state index contributed by atoms with van der Waals surface area (Å²) >= 11 is 6.62. The topological polar surface area (TPSA) is 24.9 Å².